The molecule has 0 radical (unpaired) electrons. The number of rotatable bonds is 5. The van der Waals surface area contributed by atoms with Crippen LogP contribution in [0.25, 0.3) is 0 Å². The lowest BCUT2D eigenvalue weighted by molar-refractivity contribution is -0.217. The Morgan fingerprint density at radius 3 is 2.46 bits per heavy atom. The van der Waals surface area contributed by atoms with Crippen LogP contribution in [0.2, 0.25) is 0 Å². The minimum absolute atomic E-state index is 0.144. The number of ether oxygens (including phenoxy) is 2. The Labute approximate surface area is 166 Å². The number of aliphatic carboxylic acids is 1. The van der Waals surface area contributed by atoms with Crippen molar-refractivity contribution in [3.8, 4) is 0 Å². The molecule has 0 amide bonds. The van der Waals surface area contributed by atoms with Gasteiger partial charge in [-0.15, -0.1) is 0 Å². The van der Waals surface area contributed by atoms with Crippen molar-refractivity contribution in [1.29, 1.82) is 0 Å². The third kappa shape index (κ3) is 3.46. The molecule has 7 nitrogen and oxygen atoms in total. The van der Waals surface area contributed by atoms with Crippen LogP contribution in [-0.4, -0.2) is 59.8 Å². The first kappa shape index (κ1) is 21.5. The molecule has 28 heavy (non-hydrogen) atoms. The zero-order valence-electron chi connectivity index (χ0n) is 17.1. The number of carboxylic acid groups (broad SMARTS) is 1. The summed E-state index contributed by atoms with van der Waals surface area (Å²) in [7, 11) is 1.33. The topological polar surface area (TPSA) is 113 Å². The molecule has 0 spiro atoms. The Morgan fingerprint density at radius 2 is 1.89 bits per heavy atom. The van der Waals surface area contributed by atoms with Crippen LogP contribution in [0.4, 0.5) is 0 Å². The van der Waals surface area contributed by atoms with Gasteiger partial charge in [-0.1, -0.05) is 13.8 Å². The first-order valence-electron chi connectivity index (χ1n) is 10.4. The average molecular weight is 398 g/mol. The quantitative estimate of drug-likeness (QED) is 0.606. The molecule has 0 bridgehead atoms. The van der Waals surface area contributed by atoms with Crippen LogP contribution in [0.5, 0.6) is 0 Å². The maximum atomic E-state index is 12.5. The van der Waals surface area contributed by atoms with E-state index in [1.807, 2.05) is 13.8 Å². The number of carbonyl (C=O) groups excluding carboxylic acids is 1. The van der Waals surface area contributed by atoms with Crippen LogP contribution in [0, 0.1) is 34.5 Å². The fourth-order valence-corrected chi connectivity index (χ4v) is 6.52. The molecule has 8 atom stereocenters. The summed E-state index contributed by atoms with van der Waals surface area (Å²) in [5.74, 6) is -2.53. The van der Waals surface area contributed by atoms with Gasteiger partial charge in [0.25, 0.3) is 0 Å². The lowest BCUT2D eigenvalue weighted by Crippen LogP contribution is -2.64. The molecule has 3 rings (SSSR count). The van der Waals surface area contributed by atoms with Crippen molar-refractivity contribution in [1.82, 2.24) is 0 Å². The number of aliphatic hydroxyl groups excluding tert-OH is 2. The number of carboxylic acids is 1. The van der Waals surface area contributed by atoms with Crippen molar-refractivity contribution in [3.05, 3.63) is 0 Å². The van der Waals surface area contributed by atoms with E-state index in [0.717, 1.165) is 19.4 Å². The summed E-state index contributed by atoms with van der Waals surface area (Å²) in [5, 5.41) is 31.5. The highest BCUT2D eigenvalue weighted by molar-refractivity contribution is 5.75. The molecule has 0 aromatic carbocycles. The minimum atomic E-state index is -1.07. The molecular weight excluding hydrogens is 364 g/mol. The van der Waals surface area contributed by atoms with Gasteiger partial charge in [-0.05, 0) is 61.2 Å². The Balaban J connectivity index is 1.98. The van der Waals surface area contributed by atoms with Gasteiger partial charge < -0.3 is 24.8 Å². The van der Waals surface area contributed by atoms with E-state index in [-0.39, 0.29) is 6.42 Å². The van der Waals surface area contributed by atoms with Crippen LogP contribution < -0.4 is 0 Å². The van der Waals surface area contributed by atoms with Crippen molar-refractivity contribution in [3.63, 3.8) is 0 Å². The van der Waals surface area contributed by atoms with Gasteiger partial charge in [-0.25, -0.2) is 0 Å². The van der Waals surface area contributed by atoms with Crippen LogP contribution in [0.15, 0.2) is 0 Å². The van der Waals surface area contributed by atoms with Gasteiger partial charge in [-0.3, -0.25) is 9.59 Å². The van der Waals surface area contributed by atoms with E-state index in [1.165, 1.54) is 7.11 Å². The Kier molecular flexibility index (Phi) is 6.09. The van der Waals surface area contributed by atoms with Crippen molar-refractivity contribution in [2.45, 2.75) is 64.6 Å². The molecule has 3 aliphatic rings. The molecule has 160 valence electrons. The van der Waals surface area contributed by atoms with Crippen molar-refractivity contribution in [2.24, 2.45) is 34.5 Å². The summed E-state index contributed by atoms with van der Waals surface area (Å²) in [6.07, 6.45) is 1.39. The van der Waals surface area contributed by atoms with Crippen LogP contribution >= 0.6 is 0 Å². The second kappa shape index (κ2) is 7.92. The minimum Gasteiger partial charge on any atom is -0.481 e. The molecule has 2 saturated carbocycles. The van der Waals surface area contributed by atoms with Crippen molar-refractivity contribution in [2.75, 3.05) is 20.3 Å². The van der Waals surface area contributed by atoms with E-state index in [2.05, 4.69) is 0 Å². The van der Waals surface area contributed by atoms with E-state index in [1.54, 1.807) is 0 Å². The third-order valence-corrected chi connectivity index (χ3v) is 8.10. The van der Waals surface area contributed by atoms with Crippen LogP contribution in [0.1, 0.15) is 52.4 Å². The Morgan fingerprint density at radius 1 is 1.18 bits per heavy atom. The summed E-state index contributed by atoms with van der Waals surface area (Å²) in [6, 6.07) is 0. The average Bonchev–Trinajstić information content (AvgIpc) is 3.16. The van der Waals surface area contributed by atoms with Gasteiger partial charge >= 0.3 is 11.9 Å². The standard InChI is InChI=1S/C21H34O7/c1-20(7-4-12-6-9-28-11-12)13(18(24)25)5-8-21(2)14(19(26)27-3)10-15(22)16(23)17(20)21/h12-17,22-23H,4-11H2,1-3H3,(H,24,25)/t12?,13-,14-,15-,16?,17?,20-,21-/m0/s1. The summed E-state index contributed by atoms with van der Waals surface area (Å²) in [6.45, 7) is 5.31. The summed E-state index contributed by atoms with van der Waals surface area (Å²) in [5.41, 5.74) is -1.34. The number of aliphatic hydroxyl groups is 2. The van der Waals surface area contributed by atoms with Gasteiger partial charge in [0.05, 0.1) is 31.2 Å². The fraction of sp³-hybridized carbons (Fsp3) is 0.905. The van der Waals surface area contributed by atoms with Gasteiger partial charge in [0.1, 0.15) is 0 Å². The SMILES string of the molecule is COC(=O)[C@@H]1C[C@H](O)C(O)C2[C@@](C)(CCC3CCOC3)[C@H](C(=O)O)CC[C@]21C. The molecule has 0 aromatic heterocycles. The monoisotopic (exact) mass is 398 g/mol. The normalized spacial score (nSPS) is 46.0. The third-order valence-electron chi connectivity index (χ3n) is 8.10. The molecule has 0 aromatic rings. The highest BCUT2D eigenvalue weighted by atomic mass is 16.5. The molecule has 3 fully saturated rings. The predicted molar refractivity (Wildman–Crippen MR) is 100 cm³/mol. The van der Waals surface area contributed by atoms with Gasteiger partial charge in [0.15, 0.2) is 0 Å². The first-order chi connectivity index (χ1) is 13.1. The maximum absolute atomic E-state index is 12.5. The van der Waals surface area contributed by atoms with E-state index in [4.69, 9.17) is 9.47 Å². The largest absolute Gasteiger partial charge is 0.481 e. The van der Waals surface area contributed by atoms with E-state index >= 15 is 0 Å². The molecule has 1 aliphatic heterocycles. The second-order valence-electron chi connectivity index (χ2n) is 9.56. The Bertz CT molecular complexity index is 602. The Hall–Kier alpha value is -1.18. The number of hydrogen-bond donors (Lipinski definition) is 3. The molecular formula is C21H34O7. The zero-order valence-corrected chi connectivity index (χ0v) is 17.1. The molecule has 7 heteroatoms. The molecule has 1 heterocycles. The van der Waals surface area contributed by atoms with Crippen molar-refractivity contribution >= 4 is 11.9 Å². The maximum Gasteiger partial charge on any atom is 0.309 e. The lowest BCUT2D eigenvalue weighted by atomic mass is 9.43. The highest BCUT2D eigenvalue weighted by Crippen LogP contribution is 2.63. The fourth-order valence-electron chi connectivity index (χ4n) is 6.52. The molecule has 3 N–H and O–H groups in total. The van der Waals surface area contributed by atoms with Crippen LogP contribution in [0.3, 0.4) is 0 Å². The van der Waals surface area contributed by atoms with Gasteiger partial charge in [-0.2, -0.15) is 0 Å². The van der Waals surface area contributed by atoms with Gasteiger partial charge in [0.2, 0.25) is 0 Å². The van der Waals surface area contributed by atoms with Crippen LogP contribution in [-0.2, 0) is 19.1 Å². The first-order valence-corrected chi connectivity index (χ1v) is 10.4. The van der Waals surface area contributed by atoms with Gasteiger partial charge in [0, 0.05) is 13.2 Å². The molecule has 3 unspecified atom stereocenters. The van der Waals surface area contributed by atoms with Crippen molar-refractivity contribution < 1.29 is 34.4 Å². The number of fused-ring (bicyclic) bond motifs is 1. The predicted octanol–water partition coefficient (Wildman–Crippen LogP) is 1.84. The second-order valence-corrected chi connectivity index (χ2v) is 9.56. The molecule has 2 aliphatic carbocycles. The summed E-state index contributed by atoms with van der Waals surface area (Å²) >= 11 is 0. The summed E-state index contributed by atoms with van der Waals surface area (Å²) < 4.78 is 10.5. The smallest absolute Gasteiger partial charge is 0.309 e. The van der Waals surface area contributed by atoms with E-state index < -0.39 is 52.7 Å². The number of methoxy groups -OCH3 is 1. The highest BCUT2D eigenvalue weighted by Gasteiger charge is 2.64. The van der Waals surface area contributed by atoms with E-state index in [0.29, 0.717) is 31.8 Å². The van der Waals surface area contributed by atoms with E-state index in [9.17, 15) is 24.9 Å². The summed E-state index contributed by atoms with van der Waals surface area (Å²) in [4.78, 5) is 24.7. The number of hydrogen-bond acceptors (Lipinski definition) is 6. The molecule has 1 saturated heterocycles. The lowest BCUT2D eigenvalue weighted by Gasteiger charge is -2.61. The zero-order chi connectivity index (χ0) is 20.7. The number of esters is 1. The number of carbonyl (C=O) groups is 2.